The van der Waals surface area contributed by atoms with Crippen LogP contribution < -0.4 is 10.1 Å². The van der Waals surface area contributed by atoms with Crippen LogP contribution in [0.15, 0.2) is 24.8 Å². The van der Waals surface area contributed by atoms with Gasteiger partial charge in [-0.1, -0.05) is 12.7 Å². The van der Waals surface area contributed by atoms with Gasteiger partial charge in [0.25, 0.3) is 0 Å². The second-order valence-electron chi connectivity index (χ2n) is 4.48. The molecule has 1 saturated heterocycles. The number of amides is 1. The van der Waals surface area contributed by atoms with Gasteiger partial charge in [-0.25, -0.2) is 9.78 Å². The fourth-order valence-electron chi connectivity index (χ4n) is 1.88. The van der Waals surface area contributed by atoms with Crippen LogP contribution in [-0.2, 0) is 10.9 Å². The Hall–Kier alpha value is -2.25. The first kappa shape index (κ1) is 15.1. The van der Waals surface area contributed by atoms with E-state index in [1.807, 2.05) is 0 Å². The van der Waals surface area contributed by atoms with E-state index >= 15 is 0 Å². The largest absolute Gasteiger partial charge is 0.473 e. The molecule has 2 rings (SSSR count). The number of hydrogen-bond acceptors (Lipinski definition) is 4. The molecule has 114 valence electrons. The number of pyridine rings is 1. The van der Waals surface area contributed by atoms with E-state index in [0.29, 0.717) is 0 Å². The molecule has 1 aromatic heterocycles. The first-order valence-electron chi connectivity index (χ1n) is 6.11. The van der Waals surface area contributed by atoms with Crippen LogP contribution in [0.5, 0.6) is 5.88 Å². The summed E-state index contributed by atoms with van der Waals surface area (Å²) in [5, 5.41) is 2.45. The van der Waals surface area contributed by atoms with Gasteiger partial charge in [0.1, 0.15) is 6.61 Å². The van der Waals surface area contributed by atoms with Gasteiger partial charge in [0.2, 0.25) is 5.88 Å². The van der Waals surface area contributed by atoms with Crippen molar-refractivity contribution in [2.24, 2.45) is 0 Å². The normalized spacial score (nSPS) is 21.6. The Bertz CT molecular complexity index is 560. The lowest BCUT2D eigenvalue weighted by Crippen LogP contribution is -2.24. The van der Waals surface area contributed by atoms with Crippen LogP contribution in [0, 0.1) is 0 Å². The van der Waals surface area contributed by atoms with Gasteiger partial charge < -0.3 is 14.8 Å². The summed E-state index contributed by atoms with van der Waals surface area (Å²) in [6.07, 6.45) is -4.75. The average Bonchev–Trinajstić information content (AvgIpc) is 2.74. The topological polar surface area (TPSA) is 60.5 Å². The third-order valence-corrected chi connectivity index (χ3v) is 2.82. The van der Waals surface area contributed by atoms with Crippen LogP contribution in [0.25, 0.3) is 0 Å². The first-order chi connectivity index (χ1) is 9.81. The molecule has 0 bridgehead atoms. The summed E-state index contributed by atoms with van der Waals surface area (Å²) in [4.78, 5) is 15.1. The molecule has 1 N–H and O–H groups in total. The molecule has 1 aromatic rings. The molecule has 2 atom stereocenters. The smallest absolute Gasteiger partial charge is 0.416 e. The zero-order valence-corrected chi connectivity index (χ0v) is 11.1. The highest BCUT2D eigenvalue weighted by Gasteiger charge is 2.37. The lowest BCUT2D eigenvalue weighted by Gasteiger charge is -2.16. The van der Waals surface area contributed by atoms with Crippen LogP contribution in [-0.4, -0.2) is 23.7 Å². The maximum absolute atomic E-state index is 12.9. The van der Waals surface area contributed by atoms with Crippen molar-refractivity contribution in [3.8, 4) is 5.88 Å². The van der Waals surface area contributed by atoms with Gasteiger partial charge in [-0.15, -0.1) is 0 Å². The van der Waals surface area contributed by atoms with Crippen molar-refractivity contribution in [2.45, 2.75) is 25.2 Å². The van der Waals surface area contributed by atoms with Gasteiger partial charge in [0, 0.05) is 6.07 Å². The van der Waals surface area contributed by atoms with Crippen molar-refractivity contribution in [3.63, 3.8) is 0 Å². The van der Waals surface area contributed by atoms with E-state index in [1.54, 1.807) is 6.92 Å². The Balaban J connectivity index is 2.39. The van der Waals surface area contributed by atoms with E-state index in [9.17, 15) is 18.0 Å². The predicted octanol–water partition coefficient (Wildman–Crippen LogP) is 2.83. The van der Waals surface area contributed by atoms with E-state index in [2.05, 4.69) is 16.9 Å². The van der Waals surface area contributed by atoms with Gasteiger partial charge in [0.15, 0.2) is 6.10 Å². The van der Waals surface area contributed by atoms with Crippen LogP contribution in [0.1, 0.15) is 24.3 Å². The number of nitrogens with zero attached hydrogens (tertiary/aromatic N) is 1. The number of halogens is 3. The third kappa shape index (κ3) is 3.45. The minimum atomic E-state index is -4.55. The molecule has 0 aromatic carbocycles. The Kier molecular flexibility index (Phi) is 4.06. The maximum Gasteiger partial charge on any atom is 0.416 e. The number of rotatable bonds is 4. The lowest BCUT2D eigenvalue weighted by atomic mass is 10.1. The number of ether oxygens (including phenoxy) is 2. The fourth-order valence-corrected chi connectivity index (χ4v) is 1.88. The summed E-state index contributed by atoms with van der Waals surface area (Å²) in [7, 11) is 0. The van der Waals surface area contributed by atoms with Gasteiger partial charge in [0.05, 0.1) is 17.3 Å². The highest BCUT2D eigenvalue weighted by molar-refractivity contribution is 5.70. The summed E-state index contributed by atoms with van der Waals surface area (Å²) in [6, 6.07) is 1.16. The van der Waals surface area contributed by atoms with E-state index < -0.39 is 30.0 Å². The summed E-state index contributed by atoms with van der Waals surface area (Å²) in [5.41, 5.74) is -0.934. The Morgan fingerprint density at radius 1 is 1.52 bits per heavy atom. The monoisotopic (exact) mass is 302 g/mol. The lowest BCUT2D eigenvalue weighted by molar-refractivity contribution is -0.137. The Labute approximate surface area is 118 Å². The quantitative estimate of drug-likeness (QED) is 0.869. The number of nitrogens with one attached hydrogen (secondary N) is 1. The number of cyclic esters (lactones) is 1. The van der Waals surface area contributed by atoms with Crippen LogP contribution in [0.2, 0.25) is 0 Å². The molecule has 0 aliphatic carbocycles. The zero-order valence-electron chi connectivity index (χ0n) is 11.1. The van der Waals surface area contributed by atoms with Crippen molar-refractivity contribution >= 4 is 6.09 Å². The van der Waals surface area contributed by atoms with Crippen molar-refractivity contribution < 1.29 is 27.4 Å². The number of carbonyl (C=O) groups excluding carboxylic acids is 1. The van der Waals surface area contributed by atoms with E-state index in [1.165, 1.54) is 6.08 Å². The molecule has 1 amide bonds. The zero-order chi connectivity index (χ0) is 15.6. The molecule has 21 heavy (non-hydrogen) atoms. The molecule has 0 saturated carbocycles. The molecule has 2 unspecified atom stereocenters. The van der Waals surface area contributed by atoms with Gasteiger partial charge in [-0.05, 0) is 13.0 Å². The molecular weight excluding hydrogens is 289 g/mol. The number of alkyl carbamates (subject to hydrolysis) is 1. The SMILES string of the molecule is C=CCOc1cc(C(F)(F)F)cc(C2OC(=O)NC2C)n1. The standard InChI is InChI=1S/C13H13F3N2O3/c1-3-4-20-10-6-8(13(14,15)16)5-9(18-10)11-7(2)17-12(19)21-11/h3,5-7,11H,1,4H2,2H3,(H,17,19). The van der Waals surface area contributed by atoms with Gasteiger partial charge >= 0.3 is 12.3 Å². The maximum atomic E-state index is 12.9. The summed E-state index contributed by atoms with van der Waals surface area (Å²) in [5.74, 6) is -0.199. The molecule has 5 nitrogen and oxygen atoms in total. The highest BCUT2D eigenvalue weighted by Crippen LogP contribution is 2.34. The van der Waals surface area contributed by atoms with E-state index in [-0.39, 0.29) is 18.2 Å². The van der Waals surface area contributed by atoms with Gasteiger partial charge in [-0.2, -0.15) is 13.2 Å². The van der Waals surface area contributed by atoms with E-state index in [4.69, 9.17) is 9.47 Å². The number of carbonyl (C=O) groups is 1. The molecular formula is C13H13F3N2O3. The van der Waals surface area contributed by atoms with Gasteiger partial charge in [-0.3, -0.25) is 0 Å². The highest BCUT2D eigenvalue weighted by atomic mass is 19.4. The minimum absolute atomic E-state index is 0.0188. The van der Waals surface area contributed by atoms with Crippen molar-refractivity contribution in [2.75, 3.05) is 6.61 Å². The Morgan fingerprint density at radius 3 is 2.76 bits per heavy atom. The summed E-state index contributed by atoms with van der Waals surface area (Å²) < 4.78 is 48.7. The summed E-state index contributed by atoms with van der Waals surface area (Å²) >= 11 is 0. The minimum Gasteiger partial charge on any atom is -0.473 e. The molecule has 2 heterocycles. The van der Waals surface area contributed by atoms with E-state index in [0.717, 1.165) is 12.1 Å². The second-order valence-corrected chi connectivity index (χ2v) is 4.48. The van der Waals surface area contributed by atoms with Crippen molar-refractivity contribution in [3.05, 3.63) is 36.0 Å². The fraction of sp³-hybridized carbons (Fsp3) is 0.385. The molecule has 1 aliphatic heterocycles. The average molecular weight is 302 g/mol. The molecule has 0 radical (unpaired) electrons. The number of aromatic nitrogens is 1. The molecule has 1 aliphatic rings. The van der Waals surface area contributed by atoms with Crippen LogP contribution >= 0.6 is 0 Å². The van der Waals surface area contributed by atoms with Crippen LogP contribution in [0.4, 0.5) is 18.0 Å². The Morgan fingerprint density at radius 2 is 2.24 bits per heavy atom. The van der Waals surface area contributed by atoms with Crippen LogP contribution in [0.3, 0.4) is 0 Å². The molecule has 1 fully saturated rings. The predicted molar refractivity (Wildman–Crippen MR) is 66.8 cm³/mol. The summed E-state index contributed by atoms with van der Waals surface area (Å²) in [6.45, 7) is 5.05. The number of hydrogen-bond donors (Lipinski definition) is 1. The second kappa shape index (κ2) is 5.63. The van der Waals surface area contributed by atoms with Crippen molar-refractivity contribution in [1.82, 2.24) is 10.3 Å². The molecule has 8 heteroatoms. The third-order valence-electron chi connectivity index (χ3n) is 2.82. The number of alkyl halides is 3. The first-order valence-corrected chi connectivity index (χ1v) is 6.11. The molecule has 0 spiro atoms. The van der Waals surface area contributed by atoms with Crippen molar-refractivity contribution in [1.29, 1.82) is 0 Å².